The van der Waals surface area contributed by atoms with Gasteiger partial charge in [0, 0.05) is 38.6 Å². The number of halogens is 10. The van der Waals surface area contributed by atoms with Crippen LogP contribution in [0.5, 0.6) is 0 Å². The fraction of sp³-hybridized carbons (Fsp3) is 0.452. The molecule has 10 nitrogen and oxygen atoms in total. The number of amides is 1. The molecule has 1 amide bonds. The lowest BCUT2D eigenvalue weighted by Gasteiger charge is -2.31. The number of nitrogens with zero attached hydrogens (tertiary/aromatic N) is 6. The smallest absolute Gasteiger partial charge is 0.397 e. The molecule has 62 heavy (non-hydrogen) atoms. The molecule has 344 valence electrons. The normalized spacial score (nSPS) is 13.6. The maximum atomic E-state index is 13.1. The molecular weight excluding hydrogens is 904 g/mol. The summed E-state index contributed by atoms with van der Waals surface area (Å²) in [6.45, 7) is 13.4. The predicted octanol–water partition coefficient (Wildman–Crippen LogP) is 11.7. The lowest BCUT2D eigenvalue weighted by molar-refractivity contribution is -0.138. The molecule has 4 heterocycles. The zero-order chi connectivity index (χ0) is 45.4. The Morgan fingerprint density at radius 3 is 1.60 bits per heavy atom. The van der Waals surface area contributed by atoms with E-state index in [2.05, 4.69) is 51.1 Å². The summed E-state index contributed by atoms with van der Waals surface area (Å²) in [6, 6.07) is 11.8. The van der Waals surface area contributed by atoms with Gasteiger partial charge in [0.1, 0.15) is 0 Å². The van der Waals surface area contributed by atoms with Gasteiger partial charge in [-0.1, -0.05) is 20.8 Å². The summed E-state index contributed by atoms with van der Waals surface area (Å²) >= 11 is 14.6. The Kier molecular flexibility index (Phi) is 26.4. The Bertz CT molecular complexity index is 1860. The number of aromatic nitrogens is 3. The van der Waals surface area contributed by atoms with Crippen LogP contribution in [-0.2, 0) is 12.4 Å². The van der Waals surface area contributed by atoms with E-state index in [1.54, 1.807) is 12.1 Å². The Balaban J connectivity index is 0.000000447. The number of benzene rings is 2. The molecule has 4 aromatic rings. The third-order valence-electron chi connectivity index (χ3n) is 9.40. The third kappa shape index (κ3) is 20.0. The van der Waals surface area contributed by atoms with Gasteiger partial charge < -0.3 is 25.8 Å². The summed E-state index contributed by atoms with van der Waals surface area (Å²) < 4.78 is 76.6. The predicted molar refractivity (Wildman–Crippen MR) is 241 cm³/mol. The molecule has 2 aromatic heterocycles. The molecule has 0 aliphatic carbocycles. The summed E-state index contributed by atoms with van der Waals surface area (Å²) in [5.41, 5.74) is 6.62. The number of nitrogens with one attached hydrogen (secondary N) is 1. The molecule has 0 bridgehead atoms. The van der Waals surface area contributed by atoms with E-state index in [0.29, 0.717) is 16.8 Å². The van der Waals surface area contributed by atoms with Crippen molar-refractivity contribution in [1.82, 2.24) is 20.1 Å². The number of hydrogen-bond donors (Lipinski definition) is 2. The monoisotopic (exact) mass is 956 g/mol. The number of alkyl halides is 8. The van der Waals surface area contributed by atoms with E-state index in [1.165, 1.54) is 69.0 Å². The molecule has 2 saturated heterocycles. The van der Waals surface area contributed by atoms with E-state index in [4.69, 9.17) is 40.5 Å². The maximum absolute atomic E-state index is 13.1. The summed E-state index contributed by atoms with van der Waals surface area (Å²) in [4.78, 5) is 33.0. The minimum absolute atomic E-state index is 0. The largest absolute Gasteiger partial charge is 0.416 e. The van der Waals surface area contributed by atoms with E-state index in [0.717, 1.165) is 88.2 Å². The highest BCUT2D eigenvalue weighted by Crippen LogP contribution is 2.37. The van der Waals surface area contributed by atoms with Crippen LogP contribution in [0.1, 0.15) is 91.1 Å². The highest BCUT2D eigenvalue weighted by atomic mass is 35.5. The zero-order valence-electron chi connectivity index (χ0n) is 34.8. The Morgan fingerprint density at radius 1 is 0.710 bits per heavy atom. The van der Waals surface area contributed by atoms with Crippen molar-refractivity contribution in [3.63, 3.8) is 0 Å². The Morgan fingerprint density at radius 2 is 1.21 bits per heavy atom. The zero-order valence-corrected chi connectivity index (χ0v) is 37.9. The fourth-order valence-electron chi connectivity index (χ4n) is 6.15. The molecule has 2 aliphatic heterocycles. The van der Waals surface area contributed by atoms with Gasteiger partial charge in [0.15, 0.2) is 0 Å². The first kappa shape index (κ1) is 55.9. The van der Waals surface area contributed by atoms with Gasteiger partial charge in [-0.25, -0.2) is 0 Å². The fourth-order valence-corrected chi connectivity index (χ4v) is 6.26. The van der Waals surface area contributed by atoms with Crippen molar-refractivity contribution in [2.45, 2.75) is 71.6 Å². The highest BCUT2D eigenvalue weighted by molar-refractivity contribution is 6.67. The summed E-state index contributed by atoms with van der Waals surface area (Å²) in [5.74, 6) is -0.481. The molecule has 0 saturated carbocycles. The number of piperidine rings is 2. The number of anilines is 4. The summed E-state index contributed by atoms with van der Waals surface area (Å²) in [5, 5.41) is 9.22. The molecule has 0 atom stereocenters. The summed E-state index contributed by atoms with van der Waals surface area (Å²) in [6.07, 6.45) is 3.23. The van der Waals surface area contributed by atoms with Gasteiger partial charge in [0.05, 0.1) is 62.7 Å². The third-order valence-corrected chi connectivity index (χ3v) is 9.62. The SMILES string of the molecule is CCN(CC)CC.Cl.ClCCl.Nc1cc(C(F)(F)F)ccc1N1CCCCC1.O=C(Cl)c1ccnnc1.O=C(Nc1cc(C(F)(F)F)ccc1N1CCCCC1)c1cccnc1. The van der Waals surface area contributed by atoms with Gasteiger partial charge in [-0.15, -0.1) is 35.6 Å². The van der Waals surface area contributed by atoms with E-state index in [-0.39, 0.29) is 29.1 Å². The van der Waals surface area contributed by atoms with Crippen molar-refractivity contribution >= 4 is 81.1 Å². The first-order valence-electron chi connectivity index (χ1n) is 19.7. The number of hydrogen-bond acceptors (Lipinski definition) is 9. The van der Waals surface area contributed by atoms with Crippen LogP contribution < -0.4 is 20.9 Å². The molecular formula is C42H54Cl4F6N8O2. The number of pyridine rings is 1. The minimum Gasteiger partial charge on any atom is -0.397 e. The van der Waals surface area contributed by atoms with Crippen molar-refractivity contribution in [3.8, 4) is 0 Å². The van der Waals surface area contributed by atoms with Gasteiger partial charge in [0.2, 0.25) is 0 Å². The molecule has 2 aromatic carbocycles. The average Bonchev–Trinajstić information content (AvgIpc) is 3.26. The Hall–Kier alpha value is -4.09. The topological polar surface area (TPSA) is 121 Å². The first-order chi connectivity index (χ1) is 29.0. The Labute approximate surface area is 380 Å². The number of nitrogen functional groups attached to an aromatic ring is 1. The quantitative estimate of drug-likeness (QED) is 0.0770. The summed E-state index contributed by atoms with van der Waals surface area (Å²) in [7, 11) is 0. The van der Waals surface area contributed by atoms with Crippen molar-refractivity contribution in [2.24, 2.45) is 0 Å². The molecule has 2 aliphatic rings. The van der Waals surface area contributed by atoms with Gasteiger partial charge in [-0.05, 0) is 124 Å². The second-order valence-electron chi connectivity index (χ2n) is 13.4. The van der Waals surface area contributed by atoms with Gasteiger partial charge in [0.25, 0.3) is 11.1 Å². The molecule has 20 heteroatoms. The average molecular weight is 959 g/mol. The van der Waals surface area contributed by atoms with E-state index in [9.17, 15) is 35.9 Å². The van der Waals surface area contributed by atoms with Crippen LogP contribution >= 0.6 is 47.2 Å². The number of rotatable bonds is 8. The lowest BCUT2D eigenvalue weighted by atomic mass is 10.1. The molecule has 2 fully saturated rings. The van der Waals surface area contributed by atoms with E-state index < -0.39 is 34.6 Å². The highest BCUT2D eigenvalue weighted by Gasteiger charge is 2.32. The number of carbonyl (C=O) groups excluding carboxylic acids is 2. The molecule has 6 rings (SSSR count). The van der Waals surface area contributed by atoms with Crippen LogP contribution in [0.4, 0.5) is 49.1 Å². The van der Waals surface area contributed by atoms with Crippen LogP contribution in [-0.4, -0.2) is 82.4 Å². The molecule has 0 radical (unpaired) electrons. The second kappa shape index (κ2) is 29.3. The lowest BCUT2D eigenvalue weighted by Crippen LogP contribution is -2.30. The van der Waals surface area contributed by atoms with Crippen LogP contribution in [0, 0.1) is 0 Å². The van der Waals surface area contributed by atoms with Crippen molar-refractivity contribution in [2.75, 3.05) is 72.0 Å². The van der Waals surface area contributed by atoms with Gasteiger partial charge in [-0.3, -0.25) is 14.6 Å². The van der Waals surface area contributed by atoms with E-state index >= 15 is 0 Å². The van der Waals surface area contributed by atoms with Gasteiger partial charge >= 0.3 is 12.4 Å². The van der Waals surface area contributed by atoms with Gasteiger partial charge in [-0.2, -0.15) is 36.5 Å². The number of carbonyl (C=O) groups is 2. The van der Waals surface area contributed by atoms with Crippen LogP contribution in [0.25, 0.3) is 0 Å². The molecule has 0 spiro atoms. The van der Waals surface area contributed by atoms with Crippen LogP contribution in [0.15, 0.2) is 79.4 Å². The molecule has 0 unspecified atom stereocenters. The number of nitrogens with two attached hydrogens (primary N) is 1. The minimum atomic E-state index is -4.46. The van der Waals surface area contributed by atoms with Crippen molar-refractivity contribution in [1.29, 1.82) is 0 Å². The van der Waals surface area contributed by atoms with Crippen LogP contribution in [0.2, 0.25) is 0 Å². The second-order valence-corrected chi connectivity index (χ2v) is 14.6. The first-order valence-corrected chi connectivity index (χ1v) is 21.1. The molecule has 3 N–H and O–H groups in total. The van der Waals surface area contributed by atoms with Crippen molar-refractivity contribution in [3.05, 3.63) is 102 Å². The van der Waals surface area contributed by atoms with Crippen LogP contribution in [0.3, 0.4) is 0 Å². The van der Waals surface area contributed by atoms with Crippen molar-refractivity contribution < 1.29 is 35.9 Å². The standard InChI is InChI=1S/C18H18F3N3O.C12H15F3N2.C6H15N.C5H3ClN2O.CH2Cl2.ClH/c19-18(20,21)14-6-7-16(24-9-2-1-3-10-24)15(11-14)23-17(25)13-5-4-8-22-12-13;13-12(14,15)9-4-5-11(10(16)8-9)17-6-2-1-3-7-17;1-4-7(5-2)6-3;6-5(9)4-1-2-7-8-3-4;2-1-3;/h4-8,11-12H,1-3,9-10H2,(H,23,25);4-5,8H,1-3,6-7,16H2;4-6H2,1-3H3;1-3H;1H2;1H. The maximum Gasteiger partial charge on any atom is 0.416 e. The van der Waals surface area contributed by atoms with E-state index in [1.807, 2.05) is 4.90 Å².